The van der Waals surface area contributed by atoms with E-state index in [1.165, 1.54) is 4.73 Å². The zero-order chi connectivity index (χ0) is 24.2. The summed E-state index contributed by atoms with van der Waals surface area (Å²) in [4.78, 5) is 17.5. The second-order valence-corrected chi connectivity index (χ2v) is 8.73. The van der Waals surface area contributed by atoms with Crippen molar-refractivity contribution in [1.29, 1.82) is 0 Å². The second kappa shape index (κ2) is 7.74. The Morgan fingerprint density at radius 3 is 2.47 bits per heavy atom. The minimum Gasteiger partial charge on any atom is -0.354 e. The molecule has 0 radical (unpaired) electrons. The standard InChI is InChI=1S/C29H20N6O/c1-18-31-25-15-16-26(21-10-6-9-20-19-8-2-3-11-22(19)33-28(20)21)35(36)29(25)34(18)27-14-7-13-24(32-27)23-12-4-5-17-30-23/h2-17,36H,1H3/p+1. The summed E-state index contributed by atoms with van der Waals surface area (Å²) in [6.45, 7) is 1.91. The van der Waals surface area contributed by atoms with Gasteiger partial charge in [0.25, 0.3) is 0 Å². The number of aryl methyl sites for hydroxylation is 1. The average Bonchev–Trinajstić information content (AvgIpc) is 3.47. The van der Waals surface area contributed by atoms with Crippen molar-refractivity contribution < 1.29 is 9.94 Å². The highest BCUT2D eigenvalue weighted by atomic mass is 16.5. The molecule has 7 aromatic rings. The number of hydrogen-bond donors (Lipinski definition) is 2. The van der Waals surface area contributed by atoms with Gasteiger partial charge in [0, 0.05) is 41.0 Å². The van der Waals surface area contributed by atoms with E-state index in [0.717, 1.165) is 44.6 Å². The van der Waals surface area contributed by atoms with Crippen LogP contribution in [-0.2, 0) is 0 Å². The quantitative estimate of drug-likeness (QED) is 0.260. The van der Waals surface area contributed by atoms with Crippen molar-refractivity contribution in [3.8, 4) is 28.5 Å². The van der Waals surface area contributed by atoms with Crippen LogP contribution in [0.3, 0.4) is 0 Å². The van der Waals surface area contributed by atoms with Gasteiger partial charge >= 0.3 is 5.65 Å². The molecule has 0 aliphatic rings. The molecule has 0 saturated heterocycles. The molecule has 0 aliphatic carbocycles. The van der Waals surface area contributed by atoms with Gasteiger partial charge in [-0.05, 0) is 47.2 Å². The van der Waals surface area contributed by atoms with Crippen molar-refractivity contribution >= 4 is 33.0 Å². The Bertz CT molecular complexity index is 1920. The maximum atomic E-state index is 11.6. The Balaban J connectivity index is 1.46. The predicted octanol–water partition coefficient (Wildman–Crippen LogP) is 5.62. The number of pyridine rings is 3. The lowest BCUT2D eigenvalue weighted by molar-refractivity contribution is -0.877. The largest absolute Gasteiger partial charge is 0.355 e. The summed E-state index contributed by atoms with van der Waals surface area (Å²) >= 11 is 0. The van der Waals surface area contributed by atoms with Crippen LogP contribution in [0.4, 0.5) is 0 Å². The number of nitrogens with one attached hydrogen (secondary N) is 1. The van der Waals surface area contributed by atoms with E-state index in [4.69, 9.17) is 9.97 Å². The van der Waals surface area contributed by atoms with E-state index in [2.05, 4.69) is 28.2 Å². The van der Waals surface area contributed by atoms with Gasteiger partial charge in [-0.3, -0.25) is 4.98 Å². The minimum atomic E-state index is 0.545. The summed E-state index contributed by atoms with van der Waals surface area (Å²) in [6.07, 6.45) is 1.75. The highest BCUT2D eigenvalue weighted by Crippen LogP contribution is 2.32. The molecule has 7 nitrogen and oxygen atoms in total. The fourth-order valence-corrected chi connectivity index (χ4v) is 4.97. The Morgan fingerprint density at radius 2 is 1.58 bits per heavy atom. The number of imidazole rings is 1. The third-order valence-electron chi connectivity index (χ3n) is 6.58. The summed E-state index contributed by atoms with van der Waals surface area (Å²) in [5.41, 5.74) is 6.33. The molecule has 0 spiro atoms. The van der Waals surface area contributed by atoms with Crippen LogP contribution in [0.15, 0.2) is 97.2 Å². The first-order valence-corrected chi connectivity index (χ1v) is 11.7. The van der Waals surface area contributed by atoms with Gasteiger partial charge in [-0.1, -0.05) is 42.5 Å². The fraction of sp³-hybridized carbons (Fsp3) is 0.0345. The lowest BCUT2D eigenvalue weighted by Gasteiger charge is -2.06. The topological polar surface area (TPSA) is 83.5 Å². The van der Waals surface area contributed by atoms with Gasteiger partial charge in [0.15, 0.2) is 11.2 Å². The normalized spacial score (nSPS) is 11.6. The molecular weight excluding hydrogens is 448 g/mol. The van der Waals surface area contributed by atoms with E-state index in [1.807, 2.05) is 84.3 Å². The maximum Gasteiger partial charge on any atom is 0.355 e. The molecule has 36 heavy (non-hydrogen) atoms. The summed E-state index contributed by atoms with van der Waals surface area (Å²) in [5.74, 6) is 1.38. The van der Waals surface area contributed by atoms with Crippen LogP contribution in [0.25, 0.3) is 61.4 Å². The van der Waals surface area contributed by atoms with Crippen molar-refractivity contribution in [2.75, 3.05) is 0 Å². The van der Waals surface area contributed by atoms with E-state index >= 15 is 0 Å². The summed E-state index contributed by atoms with van der Waals surface area (Å²) in [5, 5.41) is 13.8. The van der Waals surface area contributed by atoms with Crippen LogP contribution < -0.4 is 4.73 Å². The molecule has 0 amide bonds. The maximum absolute atomic E-state index is 11.6. The van der Waals surface area contributed by atoms with Gasteiger partial charge in [0.1, 0.15) is 0 Å². The predicted molar refractivity (Wildman–Crippen MR) is 139 cm³/mol. The van der Waals surface area contributed by atoms with E-state index in [0.29, 0.717) is 22.7 Å². The Morgan fingerprint density at radius 1 is 0.778 bits per heavy atom. The van der Waals surface area contributed by atoms with E-state index in [-0.39, 0.29) is 0 Å². The molecule has 7 heteroatoms. The smallest absolute Gasteiger partial charge is 0.354 e. The van der Waals surface area contributed by atoms with Crippen LogP contribution in [0.2, 0.25) is 0 Å². The molecule has 0 bridgehead atoms. The SMILES string of the molecule is Cc1nc2ccc(-c3cccc4c3[nH]c3ccccc34)[n+](O)c2n1-c1cccc(-c2ccccn2)n1. The lowest BCUT2D eigenvalue weighted by atomic mass is 10.1. The number of H-pyrrole nitrogens is 1. The second-order valence-electron chi connectivity index (χ2n) is 8.73. The number of benzene rings is 2. The minimum absolute atomic E-state index is 0.545. The third-order valence-corrected chi connectivity index (χ3v) is 6.58. The molecule has 0 atom stereocenters. The van der Waals surface area contributed by atoms with Crippen molar-refractivity contribution in [1.82, 2.24) is 24.5 Å². The molecule has 0 aliphatic heterocycles. The van der Waals surface area contributed by atoms with Crippen molar-refractivity contribution in [2.45, 2.75) is 6.92 Å². The van der Waals surface area contributed by atoms with Crippen LogP contribution in [0.5, 0.6) is 0 Å². The summed E-state index contributed by atoms with van der Waals surface area (Å²) < 4.78 is 3.08. The molecule has 5 aromatic heterocycles. The summed E-state index contributed by atoms with van der Waals surface area (Å²) in [6, 6.07) is 29.7. The molecular formula is C29H21N6O+. The highest BCUT2D eigenvalue weighted by molar-refractivity contribution is 6.11. The van der Waals surface area contributed by atoms with E-state index < -0.39 is 0 Å². The van der Waals surface area contributed by atoms with Crippen LogP contribution in [0.1, 0.15) is 5.82 Å². The first-order valence-electron chi connectivity index (χ1n) is 11.7. The molecule has 0 saturated carbocycles. The van der Waals surface area contributed by atoms with Crippen LogP contribution in [-0.4, -0.2) is 29.7 Å². The first kappa shape index (κ1) is 20.3. The van der Waals surface area contributed by atoms with Crippen LogP contribution >= 0.6 is 0 Å². The van der Waals surface area contributed by atoms with Crippen molar-refractivity contribution in [3.63, 3.8) is 0 Å². The molecule has 5 heterocycles. The van der Waals surface area contributed by atoms with Gasteiger partial charge in [-0.2, -0.15) is 4.57 Å². The molecule has 7 rings (SSSR count). The van der Waals surface area contributed by atoms with Crippen molar-refractivity contribution in [2.24, 2.45) is 0 Å². The number of hydrogen-bond acceptors (Lipinski definition) is 4. The number of nitrogens with zero attached hydrogens (tertiary/aromatic N) is 5. The van der Waals surface area contributed by atoms with E-state index in [9.17, 15) is 5.21 Å². The first-order chi connectivity index (χ1) is 17.7. The fourth-order valence-electron chi connectivity index (χ4n) is 4.97. The number of fused-ring (bicyclic) bond motifs is 4. The lowest BCUT2D eigenvalue weighted by Crippen LogP contribution is -2.35. The highest BCUT2D eigenvalue weighted by Gasteiger charge is 2.26. The number of aromatic amines is 1. The number of para-hydroxylation sites is 2. The monoisotopic (exact) mass is 469 g/mol. The van der Waals surface area contributed by atoms with Crippen molar-refractivity contribution in [3.05, 3.63) is 103 Å². The van der Waals surface area contributed by atoms with E-state index in [1.54, 1.807) is 6.20 Å². The molecule has 2 aromatic carbocycles. The molecule has 172 valence electrons. The molecule has 0 unspecified atom stereocenters. The molecule has 0 fully saturated rings. The van der Waals surface area contributed by atoms with Gasteiger partial charge in [-0.15, -0.1) is 0 Å². The summed E-state index contributed by atoms with van der Waals surface area (Å²) in [7, 11) is 0. The average molecular weight is 470 g/mol. The zero-order valence-corrected chi connectivity index (χ0v) is 19.4. The van der Waals surface area contributed by atoms with Gasteiger partial charge in [0.2, 0.25) is 11.6 Å². The number of rotatable bonds is 3. The zero-order valence-electron chi connectivity index (χ0n) is 19.4. The Hall–Kier alpha value is -5.04. The Kier molecular flexibility index (Phi) is 4.38. The van der Waals surface area contributed by atoms with Gasteiger partial charge in [0.05, 0.1) is 16.9 Å². The third kappa shape index (κ3) is 2.99. The number of aromatic nitrogens is 6. The van der Waals surface area contributed by atoms with Crippen LogP contribution in [0, 0.1) is 6.92 Å². The van der Waals surface area contributed by atoms with Gasteiger partial charge < -0.3 is 10.2 Å². The molecule has 2 N–H and O–H groups in total. The van der Waals surface area contributed by atoms with Gasteiger partial charge in [-0.25, -0.2) is 9.97 Å². The Labute approximate surface area is 205 Å².